The number of anilines is 2. The van der Waals surface area contributed by atoms with Crippen LogP contribution in [0, 0.1) is 10.8 Å². The molecule has 0 radical (unpaired) electrons. The third-order valence-corrected chi connectivity index (χ3v) is 5.43. The van der Waals surface area contributed by atoms with Crippen LogP contribution in [-0.2, 0) is 4.79 Å². The number of hydrogen-bond acceptors (Lipinski definition) is 9. The Morgan fingerprint density at radius 2 is 2.18 bits per heavy atom. The van der Waals surface area contributed by atoms with Gasteiger partial charge in [0.1, 0.15) is 5.92 Å². The zero-order valence-corrected chi connectivity index (χ0v) is 16.3. The number of piperidine rings is 1. The Balaban J connectivity index is 1.77. The van der Waals surface area contributed by atoms with Crippen LogP contribution in [0.15, 0.2) is 23.6 Å². The van der Waals surface area contributed by atoms with Gasteiger partial charge in [-0.3, -0.25) is 20.4 Å². The Hall–Kier alpha value is -1.85. The van der Waals surface area contributed by atoms with E-state index in [1.54, 1.807) is 12.4 Å². The van der Waals surface area contributed by atoms with E-state index in [4.69, 9.17) is 23.1 Å². The number of carbonyl (C=O) groups is 1. The summed E-state index contributed by atoms with van der Waals surface area (Å²) in [5.41, 5.74) is 13.3. The highest BCUT2D eigenvalue weighted by molar-refractivity contribution is 6.21. The number of nitrogens with zero attached hydrogens (tertiary/aromatic N) is 3. The minimum absolute atomic E-state index is 0.0880. The zero-order chi connectivity index (χ0) is 20.1. The average Bonchev–Trinajstić information content (AvgIpc) is 2.70. The maximum atomic E-state index is 13.0. The van der Waals surface area contributed by atoms with E-state index >= 15 is 0 Å². The molecule has 11 heteroatoms. The Morgan fingerprint density at radius 1 is 1.43 bits per heavy atom. The quantitative estimate of drug-likeness (QED) is 0.318. The van der Waals surface area contributed by atoms with Crippen molar-refractivity contribution < 1.29 is 4.79 Å². The Bertz CT molecular complexity index is 685. The van der Waals surface area contributed by atoms with Crippen LogP contribution in [0.4, 0.5) is 11.4 Å². The Morgan fingerprint density at radius 3 is 2.86 bits per heavy atom. The fraction of sp³-hybridized carbons (Fsp3) is 0.647. The van der Waals surface area contributed by atoms with Crippen LogP contribution < -0.4 is 32.3 Å². The number of pyridine rings is 1. The molecule has 154 valence electrons. The first-order valence-corrected chi connectivity index (χ1v) is 9.87. The van der Waals surface area contributed by atoms with Gasteiger partial charge in [0.05, 0.1) is 29.1 Å². The molecule has 1 aromatic rings. The third-order valence-electron chi connectivity index (χ3n) is 5.12. The standard InChI is InChI=1S/C17H27ClN8O2/c18-10-6-22-16(23-7-10)14(15(20)25-28)17(27)24-12-8-21-4-3-13(12)26-5-1-2-11(19)9-26/h3-4,8,10-11,14-16,22-23H,1-2,5-7,9,19-20H2,(H,24,27). The number of carbonyl (C=O) groups excluding carboxylic acids is 1. The number of hydrogen-bond donors (Lipinski definition) is 5. The van der Waals surface area contributed by atoms with Gasteiger partial charge in [-0.25, -0.2) is 0 Å². The minimum Gasteiger partial charge on any atom is -0.368 e. The molecule has 1 aromatic heterocycles. The lowest BCUT2D eigenvalue weighted by Gasteiger charge is -2.35. The van der Waals surface area contributed by atoms with Crippen molar-refractivity contribution in [3.63, 3.8) is 0 Å². The van der Waals surface area contributed by atoms with Crippen LogP contribution in [-0.4, -0.2) is 60.8 Å². The molecule has 3 unspecified atom stereocenters. The zero-order valence-electron chi connectivity index (χ0n) is 15.6. The molecule has 7 N–H and O–H groups in total. The first-order chi connectivity index (χ1) is 13.5. The molecule has 2 aliphatic rings. The number of alkyl halides is 1. The van der Waals surface area contributed by atoms with Gasteiger partial charge in [-0.15, -0.1) is 16.5 Å². The molecular weight excluding hydrogens is 384 g/mol. The Kier molecular flexibility index (Phi) is 7.13. The number of halogens is 1. The van der Waals surface area contributed by atoms with Crippen molar-refractivity contribution in [2.75, 3.05) is 36.4 Å². The van der Waals surface area contributed by atoms with Gasteiger partial charge in [-0.2, -0.15) is 0 Å². The molecule has 1 amide bonds. The van der Waals surface area contributed by atoms with Crippen molar-refractivity contribution in [2.45, 2.75) is 36.6 Å². The number of nitrogens with two attached hydrogens (primary N) is 2. The van der Waals surface area contributed by atoms with E-state index in [0.717, 1.165) is 25.1 Å². The topological polar surface area (TPSA) is 151 Å². The van der Waals surface area contributed by atoms with Crippen molar-refractivity contribution in [1.29, 1.82) is 0 Å². The number of nitroso groups, excluding NO2 is 1. The van der Waals surface area contributed by atoms with Gasteiger partial charge in [0.25, 0.3) is 0 Å². The van der Waals surface area contributed by atoms with Gasteiger partial charge in [0.2, 0.25) is 5.91 Å². The molecule has 0 spiro atoms. The molecular formula is C17H27ClN8O2. The summed E-state index contributed by atoms with van der Waals surface area (Å²) in [5, 5.41) is 11.9. The van der Waals surface area contributed by atoms with E-state index in [0.29, 0.717) is 25.3 Å². The smallest absolute Gasteiger partial charge is 0.234 e. The maximum absolute atomic E-state index is 13.0. The second-order valence-corrected chi connectivity index (χ2v) is 7.86. The van der Waals surface area contributed by atoms with E-state index in [-0.39, 0.29) is 11.4 Å². The average molecular weight is 411 g/mol. The van der Waals surface area contributed by atoms with Crippen molar-refractivity contribution in [2.24, 2.45) is 22.6 Å². The molecule has 0 aromatic carbocycles. The molecule has 0 bridgehead atoms. The summed E-state index contributed by atoms with van der Waals surface area (Å²) in [5.74, 6) is -1.32. The number of rotatable bonds is 6. The van der Waals surface area contributed by atoms with Crippen LogP contribution in [0.5, 0.6) is 0 Å². The van der Waals surface area contributed by atoms with Gasteiger partial charge >= 0.3 is 0 Å². The second-order valence-electron chi connectivity index (χ2n) is 7.24. The maximum Gasteiger partial charge on any atom is 0.234 e. The molecule has 0 saturated carbocycles. The van der Waals surface area contributed by atoms with Crippen LogP contribution in [0.1, 0.15) is 12.8 Å². The molecule has 10 nitrogen and oxygen atoms in total. The number of aromatic nitrogens is 1. The van der Waals surface area contributed by atoms with Crippen molar-refractivity contribution in [3.05, 3.63) is 23.4 Å². The fourth-order valence-corrected chi connectivity index (χ4v) is 3.86. The molecule has 2 saturated heterocycles. The van der Waals surface area contributed by atoms with Crippen LogP contribution in [0.2, 0.25) is 0 Å². The molecule has 3 rings (SSSR count). The first-order valence-electron chi connectivity index (χ1n) is 9.44. The summed E-state index contributed by atoms with van der Waals surface area (Å²) in [4.78, 5) is 30.4. The minimum atomic E-state index is -1.21. The lowest BCUT2D eigenvalue weighted by molar-refractivity contribution is -0.121. The third kappa shape index (κ3) is 4.95. The van der Waals surface area contributed by atoms with Crippen LogP contribution in [0.3, 0.4) is 0 Å². The van der Waals surface area contributed by atoms with Crippen LogP contribution >= 0.6 is 11.6 Å². The SMILES string of the molecule is NC1CCCN(c2ccncc2NC(=O)C(C(N)N=O)C2NCC(Cl)CN2)C1. The van der Waals surface area contributed by atoms with E-state index in [9.17, 15) is 9.70 Å². The predicted molar refractivity (Wildman–Crippen MR) is 109 cm³/mol. The highest BCUT2D eigenvalue weighted by Crippen LogP contribution is 2.28. The normalized spacial score (nSPS) is 27.7. The molecule has 28 heavy (non-hydrogen) atoms. The highest BCUT2D eigenvalue weighted by atomic mass is 35.5. The molecule has 0 aliphatic carbocycles. The second kappa shape index (κ2) is 9.57. The van der Waals surface area contributed by atoms with Crippen molar-refractivity contribution in [3.8, 4) is 0 Å². The predicted octanol–water partition coefficient (Wildman–Crippen LogP) is -0.259. The van der Waals surface area contributed by atoms with Gasteiger partial charge in [-0.1, -0.05) is 5.18 Å². The Labute approximate surface area is 168 Å². The molecule has 2 fully saturated rings. The summed E-state index contributed by atoms with van der Waals surface area (Å²) < 4.78 is 0. The van der Waals surface area contributed by atoms with E-state index in [1.807, 2.05) is 6.07 Å². The number of nitrogens with one attached hydrogen (secondary N) is 3. The van der Waals surface area contributed by atoms with Gasteiger partial charge in [0.15, 0.2) is 6.17 Å². The van der Waals surface area contributed by atoms with Gasteiger partial charge in [-0.05, 0) is 18.9 Å². The van der Waals surface area contributed by atoms with E-state index in [1.165, 1.54) is 0 Å². The lowest BCUT2D eigenvalue weighted by atomic mass is 9.99. The summed E-state index contributed by atoms with van der Waals surface area (Å²) in [7, 11) is 0. The fourth-order valence-electron chi connectivity index (χ4n) is 3.68. The van der Waals surface area contributed by atoms with Crippen LogP contribution in [0.25, 0.3) is 0 Å². The molecule has 3 heterocycles. The summed E-state index contributed by atoms with van der Waals surface area (Å²) in [6, 6.07) is 1.93. The first kappa shape index (κ1) is 20.9. The van der Waals surface area contributed by atoms with E-state index in [2.05, 4.69) is 31.0 Å². The van der Waals surface area contributed by atoms with Crippen molar-refractivity contribution in [1.82, 2.24) is 15.6 Å². The van der Waals surface area contributed by atoms with E-state index < -0.39 is 24.2 Å². The van der Waals surface area contributed by atoms with Crippen molar-refractivity contribution >= 4 is 28.9 Å². The molecule has 2 aliphatic heterocycles. The largest absolute Gasteiger partial charge is 0.368 e. The monoisotopic (exact) mass is 410 g/mol. The summed E-state index contributed by atoms with van der Waals surface area (Å²) in [6.45, 7) is 2.55. The number of amides is 1. The summed E-state index contributed by atoms with van der Waals surface area (Å²) >= 11 is 6.06. The van der Waals surface area contributed by atoms with Gasteiger partial charge < -0.3 is 21.7 Å². The molecule has 3 atom stereocenters. The lowest BCUT2D eigenvalue weighted by Crippen LogP contribution is -2.62. The summed E-state index contributed by atoms with van der Waals surface area (Å²) in [6.07, 6.45) is 3.50. The highest BCUT2D eigenvalue weighted by Gasteiger charge is 2.37. The van der Waals surface area contributed by atoms with Gasteiger partial charge in [0, 0.05) is 38.4 Å².